The lowest BCUT2D eigenvalue weighted by Crippen LogP contribution is -2.27. The molecule has 0 saturated heterocycles. The summed E-state index contributed by atoms with van der Waals surface area (Å²) >= 11 is 0. The van der Waals surface area contributed by atoms with E-state index in [9.17, 15) is 0 Å². The smallest absolute Gasteiger partial charge is 0.00378 e. The minimum Gasteiger partial charge on any atom is -0.0839 e. The van der Waals surface area contributed by atoms with Crippen LogP contribution in [0.25, 0.3) is 0 Å². The summed E-state index contributed by atoms with van der Waals surface area (Å²) in [5, 5.41) is 0. The monoisotopic (exact) mass is 198 g/mol. The SMILES string of the molecule is CC(C)(c1ccccc1)C1C=CC=CC1. The van der Waals surface area contributed by atoms with Crippen molar-refractivity contribution in [3.8, 4) is 0 Å². The molecule has 0 bridgehead atoms. The molecule has 0 radical (unpaired) electrons. The summed E-state index contributed by atoms with van der Waals surface area (Å²) in [6.45, 7) is 4.66. The van der Waals surface area contributed by atoms with Crippen molar-refractivity contribution >= 4 is 0 Å². The van der Waals surface area contributed by atoms with Gasteiger partial charge in [-0.2, -0.15) is 0 Å². The fourth-order valence-corrected chi connectivity index (χ4v) is 2.20. The predicted molar refractivity (Wildman–Crippen MR) is 65.9 cm³/mol. The van der Waals surface area contributed by atoms with Gasteiger partial charge in [0.2, 0.25) is 0 Å². The zero-order valence-corrected chi connectivity index (χ0v) is 9.48. The first kappa shape index (κ1) is 10.2. The summed E-state index contributed by atoms with van der Waals surface area (Å²) < 4.78 is 0. The highest BCUT2D eigenvalue weighted by molar-refractivity contribution is 5.28. The van der Waals surface area contributed by atoms with E-state index in [1.165, 1.54) is 5.56 Å². The maximum Gasteiger partial charge on any atom is -0.00378 e. The Morgan fingerprint density at radius 3 is 2.40 bits per heavy atom. The number of allylic oxidation sites excluding steroid dienone is 4. The molecule has 0 fully saturated rings. The van der Waals surface area contributed by atoms with Crippen LogP contribution < -0.4 is 0 Å². The molecule has 1 atom stereocenters. The van der Waals surface area contributed by atoms with Crippen molar-refractivity contribution in [2.45, 2.75) is 25.7 Å². The Hall–Kier alpha value is -1.30. The van der Waals surface area contributed by atoms with Crippen molar-refractivity contribution in [1.82, 2.24) is 0 Å². The topological polar surface area (TPSA) is 0 Å². The zero-order valence-electron chi connectivity index (χ0n) is 9.48. The molecule has 1 aromatic rings. The van der Waals surface area contributed by atoms with E-state index in [0.717, 1.165) is 6.42 Å². The van der Waals surface area contributed by atoms with Crippen LogP contribution in [0.4, 0.5) is 0 Å². The summed E-state index contributed by atoms with van der Waals surface area (Å²) in [6, 6.07) is 10.8. The Morgan fingerprint density at radius 1 is 1.07 bits per heavy atom. The second kappa shape index (κ2) is 4.06. The summed E-state index contributed by atoms with van der Waals surface area (Å²) in [5.74, 6) is 0.616. The Balaban J connectivity index is 2.27. The molecule has 0 aliphatic heterocycles. The minimum absolute atomic E-state index is 0.225. The molecular formula is C15H18. The van der Waals surface area contributed by atoms with Crippen molar-refractivity contribution in [2.75, 3.05) is 0 Å². The Labute approximate surface area is 92.3 Å². The Morgan fingerprint density at radius 2 is 1.80 bits per heavy atom. The standard InChI is InChI=1S/C15H18/c1-15(2,13-9-5-3-6-10-13)14-11-7-4-8-12-14/h3-11,14H,12H2,1-2H3. The Kier molecular flexibility index (Phi) is 2.77. The molecule has 0 heteroatoms. The zero-order chi connectivity index (χ0) is 10.7. The maximum absolute atomic E-state index is 2.33. The van der Waals surface area contributed by atoms with Gasteiger partial charge in [-0.25, -0.2) is 0 Å². The fraction of sp³-hybridized carbons (Fsp3) is 0.333. The summed E-state index contributed by atoms with van der Waals surface area (Å²) in [4.78, 5) is 0. The molecule has 1 unspecified atom stereocenters. The van der Waals surface area contributed by atoms with Crippen LogP contribution in [-0.4, -0.2) is 0 Å². The van der Waals surface area contributed by atoms with E-state index in [-0.39, 0.29) is 5.41 Å². The normalized spacial score (nSPS) is 20.5. The van der Waals surface area contributed by atoms with Crippen molar-refractivity contribution in [2.24, 2.45) is 5.92 Å². The van der Waals surface area contributed by atoms with Gasteiger partial charge < -0.3 is 0 Å². The van der Waals surface area contributed by atoms with Gasteiger partial charge in [0.25, 0.3) is 0 Å². The lowest BCUT2D eigenvalue weighted by atomic mass is 9.71. The van der Waals surface area contributed by atoms with Crippen LogP contribution in [-0.2, 0) is 5.41 Å². The number of rotatable bonds is 2. The highest BCUT2D eigenvalue weighted by Gasteiger charge is 2.28. The molecule has 0 nitrogen and oxygen atoms in total. The number of hydrogen-bond donors (Lipinski definition) is 0. The van der Waals surface area contributed by atoms with Crippen molar-refractivity contribution < 1.29 is 0 Å². The van der Waals surface area contributed by atoms with E-state index in [1.54, 1.807) is 0 Å². The van der Waals surface area contributed by atoms with E-state index < -0.39 is 0 Å². The van der Waals surface area contributed by atoms with Crippen molar-refractivity contribution in [3.63, 3.8) is 0 Å². The van der Waals surface area contributed by atoms with Crippen LogP contribution >= 0.6 is 0 Å². The van der Waals surface area contributed by atoms with E-state index in [2.05, 4.69) is 68.5 Å². The van der Waals surface area contributed by atoms with Crippen LogP contribution in [0.1, 0.15) is 25.8 Å². The van der Waals surface area contributed by atoms with E-state index in [4.69, 9.17) is 0 Å². The first-order chi connectivity index (χ1) is 7.21. The third kappa shape index (κ3) is 2.04. The van der Waals surface area contributed by atoms with Gasteiger partial charge in [0.05, 0.1) is 0 Å². The third-order valence-electron chi connectivity index (χ3n) is 3.43. The first-order valence-electron chi connectivity index (χ1n) is 5.60. The largest absolute Gasteiger partial charge is 0.0839 e. The van der Waals surface area contributed by atoms with Gasteiger partial charge in [-0.15, -0.1) is 0 Å². The van der Waals surface area contributed by atoms with E-state index >= 15 is 0 Å². The fourth-order valence-electron chi connectivity index (χ4n) is 2.20. The maximum atomic E-state index is 2.33. The Bertz CT molecular complexity index is 368. The van der Waals surface area contributed by atoms with Crippen molar-refractivity contribution in [1.29, 1.82) is 0 Å². The highest BCUT2D eigenvalue weighted by atomic mass is 14.3. The summed E-state index contributed by atoms with van der Waals surface area (Å²) in [5.41, 5.74) is 1.65. The highest BCUT2D eigenvalue weighted by Crippen LogP contribution is 2.35. The van der Waals surface area contributed by atoms with Crippen LogP contribution in [0, 0.1) is 5.92 Å². The van der Waals surface area contributed by atoms with Crippen LogP contribution in [0.3, 0.4) is 0 Å². The molecule has 1 aliphatic carbocycles. The average Bonchev–Trinajstić information content (AvgIpc) is 2.31. The van der Waals surface area contributed by atoms with Gasteiger partial charge in [-0.1, -0.05) is 68.5 Å². The van der Waals surface area contributed by atoms with Crippen LogP contribution in [0.5, 0.6) is 0 Å². The molecule has 2 rings (SSSR count). The molecule has 0 N–H and O–H groups in total. The second-order valence-corrected chi connectivity index (χ2v) is 4.74. The van der Waals surface area contributed by atoms with Gasteiger partial charge in [-0.3, -0.25) is 0 Å². The van der Waals surface area contributed by atoms with E-state index in [0.29, 0.717) is 5.92 Å². The lowest BCUT2D eigenvalue weighted by molar-refractivity contribution is 0.382. The lowest BCUT2D eigenvalue weighted by Gasteiger charge is -2.33. The second-order valence-electron chi connectivity index (χ2n) is 4.74. The van der Waals surface area contributed by atoms with Crippen molar-refractivity contribution in [3.05, 3.63) is 60.2 Å². The van der Waals surface area contributed by atoms with Gasteiger partial charge >= 0.3 is 0 Å². The molecule has 0 aromatic heterocycles. The third-order valence-corrected chi connectivity index (χ3v) is 3.43. The van der Waals surface area contributed by atoms with Crippen LogP contribution in [0.2, 0.25) is 0 Å². The number of benzene rings is 1. The van der Waals surface area contributed by atoms with Gasteiger partial charge in [0, 0.05) is 0 Å². The minimum atomic E-state index is 0.225. The predicted octanol–water partition coefficient (Wildman–Crippen LogP) is 4.10. The van der Waals surface area contributed by atoms with Gasteiger partial charge in [0.1, 0.15) is 0 Å². The average molecular weight is 198 g/mol. The van der Waals surface area contributed by atoms with Gasteiger partial charge in [-0.05, 0) is 23.3 Å². The molecule has 0 spiro atoms. The first-order valence-corrected chi connectivity index (χ1v) is 5.60. The molecule has 78 valence electrons. The molecule has 1 aliphatic rings. The number of hydrogen-bond acceptors (Lipinski definition) is 0. The molecule has 0 amide bonds. The van der Waals surface area contributed by atoms with Crippen LogP contribution in [0.15, 0.2) is 54.6 Å². The van der Waals surface area contributed by atoms with E-state index in [1.807, 2.05) is 0 Å². The molecular weight excluding hydrogens is 180 g/mol. The molecule has 0 heterocycles. The molecule has 0 saturated carbocycles. The molecule has 15 heavy (non-hydrogen) atoms. The quantitative estimate of drug-likeness (QED) is 0.671. The van der Waals surface area contributed by atoms with Gasteiger partial charge in [0.15, 0.2) is 0 Å². The summed E-state index contributed by atoms with van der Waals surface area (Å²) in [6.07, 6.45) is 10.0. The molecule has 1 aromatic carbocycles. The summed E-state index contributed by atoms with van der Waals surface area (Å²) in [7, 11) is 0.